The fourth-order valence-corrected chi connectivity index (χ4v) is 5.18. The highest BCUT2D eigenvalue weighted by Crippen LogP contribution is 2.34. The molecule has 0 bridgehead atoms. The molecule has 154 valence electrons. The van der Waals surface area contributed by atoms with Gasteiger partial charge in [-0.05, 0) is 49.2 Å². The smallest absolute Gasteiger partial charge is 0.227 e. The molecule has 0 saturated heterocycles. The number of benzene rings is 2. The van der Waals surface area contributed by atoms with Gasteiger partial charge in [-0.25, -0.2) is 0 Å². The van der Waals surface area contributed by atoms with Crippen LogP contribution in [0.1, 0.15) is 38.7 Å². The first kappa shape index (κ1) is 21.8. The Labute approximate surface area is 181 Å². The Morgan fingerprint density at radius 1 is 1.21 bits per heavy atom. The molecule has 1 unspecified atom stereocenters. The molecule has 1 atom stereocenters. The number of carbonyl (C=O) groups is 2. The van der Waals surface area contributed by atoms with E-state index in [4.69, 9.17) is 0 Å². The second-order valence-corrected chi connectivity index (χ2v) is 9.87. The number of thioether (sulfide) groups is 2. The van der Waals surface area contributed by atoms with E-state index in [1.54, 1.807) is 11.8 Å². The van der Waals surface area contributed by atoms with Gasteiger partial charge in [-0.3, -0.25) is 9.59 Å². The number of carbonyl (C=O) groups excluding carboxylic acids is 2. The molecule has 29 heavy (non-hydrogen) atoms. The number of nitrogens with zero attached hydrogens (tertiary/aromatic N) is 1. The highest BCUT2D eigenvalue weighted by molar-refractivity contribution is 8.00. The minimum atomic E-state index is -0.122. The molecule has 2 aromatic rings. The fourth-order valence-electron chi connectivity index (χ4n) is 3.16. The standard InChI is InChI=1S/C23H28N2O2S2/c1-4-17(3)29-18-9-10-19(16(2)15-18)24-22(26)11-12-23(27)25-13-14-28-21-8-6-5-7-20(21)25/h5-10,15,17H,4,11-14H2,1-3H3,(H,24,26). The van der Waals surface area contributed by atoms with Crippen LogP contribution < -0.4 is 10.2 Å². The van der Waals surface area contributed by atoms with Crippen molar-refractivity contribution in [1.29, 1.82) is 0 Å². The van der Waals surface area contributed by atoms with E-state index in [1.807, 2.05) is 60.0 Å². The van der Waals surface area contributed by atoms with Gasteiger partial charge in [-0.15, -0.1) is 23.5 Å². The van der Waals surface area contributed by atoms with E-state index >= 15 is 0 Å². The van der Waals surface area contributed by atoms with E-state index < -0.39 is 0 Å². The van der Waals surface area contributed by atoms with E-state index in [9.17, 15) is 9.59 Å². The number of aryl methyl sites for hydroxylation is 1. The topological polar surface area (TPSA) is 49.4 Å². The molecular formula is C23H28N2O2S2. The van der Waals surface area contributed by atoms with Crippen LogP contribution in [0.25, 0.3) is 0 Å². The number of rotatable bonds is 7. The van der Waals surface area contributed by atoms with Crippen LogP contribution in [-0.4, -0.2) is 29.4 Å². The largest absolute Gasteiger partial charge is 0.326 e. The fraction of sp³-hybridized carbons (Fsp3) is 0.391. The third kappa shape index (κ3) is 5.80. The highest BCUT2D eigenvalue weighted by Gasteiger charge is 2.23. The quantitative estimate of drug-likeness (QED) is 0.571. The summed E-state index contributed by atoms with van der Waals surface area (Å²) in [7, 11) is 0. The highest BCUT2D eigenvalue weighted by atomic mass is 32.2. The zero-order chi connectivity index (χ0) is 20.8. The Morgan fingerprint density at radius 3 is 2.76 bits per heavy atom. The molecule has 1 heterocycles. The Hall–Kier alpha value is -1.92. The number of hydrogen-bond acceptors (Lipinski definition) is 4. The molecule has 4 nitrogen and oxygen atoms in total. The minimum Gasteiger partial charge on any atom is -0.326 e. The van der Waals surface area contributed by atoms with Crippen LogP contribution in [0.15, 0.2) is 52.3 Å². The van der Waals surface area contributed by atoms with Crippen molar-refractivity contribution in [3.05, 3.63) is 48.0 Å². The van der Waals surface area contributed by atoms with Gasteiger partial charge in [0.2, 0.25) is 11.8 Å². The molecule has 1 aliphatic rings. The summed E-state index contributed by atoms with van der Waals surface area (Å²) in [5.41, 5.74) is 2.81. The van der Waals surface area contributed by atoms with Crippen molar-refractivity contribution in [1.82, 2.24) is 0 Å². The lowest BCUT2D eigenvalue weighted by Gasteiger charge is -2.29. The number of para-hydroxylation sites is 1. The number of hydrogen-bond donors (Lipinski definition) is 1. The van der Waals surface area contributed by atoms with Crippen molar-refractivity contribution in [2.24, 2.45) is 0 Å². The maximum atomic E-state index is 12.7. The monoisotopic (exact) mass is 428 g/mol. The first-order valence-electron chi connectivity index (χ1n) is 10.1. The van der Waals surface area contributed by atoms with Crippen LogP contribution >= 0.6 is 23.5 Å². The van der Waals surface area contributed by atoms with Gasteiger partial charge in [-0.1, -0.05) is 26.0 Å². The Bertz CT molecular complexity index is 885. The molecule has 0 fully saturated rings. The lowest BCUT2D eigenvalue weighted by molar-refractivity contribution is -0.122. The predicted molar refractivity (Wildman–Crippen MR) is 124 cm³/mol. The molecule has 0 spiro atoms. The first-order valence-corrected chi connectivity index (χ1v) is 11.9. The summed E-state index contributed by atoms with van der Waals surface area (Å²) < 4.78 is 0. The normalized spacial score (nSPS) is 14.2. The van der Waals surface area contributed by atoms with Crippen LogP contribution in [-0.2, 0) is 9.59 Å². The van der Waals surface area contributed by atoms with Crippen LogP contribution in [0.3, 0.4) is 0 Å². The molecule has 2 aromatic carbocycles. The van der Waals surface area contributed by atoms with Crippen LogP contribution in [0.5, 0.6) is 0 Å². The van der Waals surface area contributed by atoms with Gasteiger partial charge in [0, 0.05) is 45.9 Å². The van der Waals surface area contributed by atoms with Gasteiger partial charge in [0.1, 0.15) is 0 Å². The Balaban J connectivity index is 1.55. The van der Waals surface area contributed by atoms with E-state index in [2.05, 4.69) is 25.2 Å². The van der Waals surface area contributed by atoms with Crippen LogP contribution in [0.2, 0.25) is 0 Å². The molecule has 2 amide bonds. The van der Waals surface area contributed by atoms with Gasteiger partial charge in [0.25, 0.3) is 0 Å². The van der Waals surface area contributed by atoms with Crippen molar-refractivity contribution in [3.63, 3.8) is 0 Å². The molecule has 0 saturated carbocycles. The maximum absolute atomic E-state index is 12.7. The summed E-state index contributed by atoms with van der Waals surface area (Å²) >= 11 is 3.61. The zero-order valence-electron chi connectivity index (χ0n) is 17.2. The lowest BCUT2D eigenvalue weighted by Crippen LogP contribution is -2.35. The molecule has 1 N–H and O–H groups in total. The van der Waals surface area contributed by atoms with Crippen molar-refractivity contribution >= 4 is 46.7 Å². The Morgan fingerprint density at radius 2 is 2.00 bits per heavy atom. The van der Waals surface area contributed by atoms with Gasteiger partial charge < -0.3 is 10.2 Å². The average molecular weight is 429 g/mol. The second kappa shape index (κ2) is 10.2. The molecule has 6 heteroatoms. The summed E-state index contributed by atoms with van der Waals surface area (Å²) in [5.74, 6) is 0.767. The minimum absolute atomic E-state index is 0.00456. The summed E-state index contributed by atoms with van der Waals surface area (Å²) in [4.78, 5) is 29.3. The summed E-state index contributed by atoms with van der Waals surface area (Å²) in [6.45, 7) is 7.09. The molecule has 1 aliphatic heterocycles. The molecule has 0 radical (unpaired) electrons. The predicted octanol–water partition coefficient (Wildman–Crippen LogP) is 5.74. The molecule has 3 rings (SSSR count). The average Bonchev–Trinajstić information content (AvgIpc) is 2.73. The zero-order valence-corrected chi connectivity index (χ0v) is 18.9. The van der Waals surface area contributed by atoms with E-state index in [0.29, 0.717) is 11.8 Å². The second-order valence-electron chi connectivity index (χ2n) is 7.22. The van der Waals surface area contributed by atoms with Gasteiger partial charge in [0.15, 0.2) is 0 Å². The molecule has 0 aliphatic carbocycles. The van der Waals surface area contributed by atoms with E-state index in [1.165, 1.54) is 4.90 Å². The van der Waals surface area contributed by atoms with E-state index in [0.717, 1.165) is 34.0 Å². The van der Waals surface area contributed by atoms with Gasteiger partial charge in [0.05, 0.1) is 5.69 Å². The summed E-state index contributed by atoms with van der Waals surface area (Å²) in [6, 6.07) is 14.1. The van der Waals surface area contributed by atoms with Gasteiger partial charge >= 0.3 is 0 Å². The Kier molecular flexibility index (Phi) is 7.67. The van der Waals surface area contributed by atoms with Crippen molar-refractivity contribution in [2.75, 3.05) is 22.5 Å². The third-order valence-corrected chi connectivity index (χ3v) is 7.28. The molecular weight excluding hydrogens is 400 g/mol. The van der Waals surface area contributed by atoms with Gasteiger partial charge in [-0.2, -0.15) is 0 Å². The van der Waals surface area contributed by atoms with Crippen LogP contribution in [0, 0.1) is 6.92 Å². The maximum Gasteiger partial charge on any atom is 0.227 e. The number of fused-ring (bicyclic) bond motifs is 1. The number of anilines is 2. The van der Waals surface area contributed by atoms with Crippen molar-refractivity contribution < 1.29 is 9.59 Å². The van der Waals surface area contributed by atoms with Crippen molar-refractivity contribution in [3.8, 4) is 0 Å². The lowest BCUT2D eigenvalue weighted by atomic mass is 10.2. The molecule has 0 aromatic heterocycles. The van der Waals surface area contributed by atoms with E-state index in [-0.39, 0.29) is 24.7 Å². The summed E-state index contributed by atoms with van der Waals surface area (Å²) in [5, 5.41) is 3.53. The summed E-state index contributed by atoms with van der Waals surface area (Å²) in [6.07, 6.45) is 1.52. The number of amides is 2. The SMILES string of the molecule is CCC(C)Sc1ccc(NC(=O)CCC(=O)N2CCSc3ccccc32)c(C)c1. The van der Waals surface area contributed by atoms with Crippen LogP contribution in [0.4, 0.5) is 11.4 Å². The third-order valence-electron chi connectivity index (χ3n) is 4.98. The number of nitrogens with one attached hydrogen (secondary N) is 1. The van der Waals surface area contributed by atoms with Crippen molar-refractivity contribution in [2.45, 2.75) is 55.1 Å². The first-order chi connectivity index (χ1) is 14.0.